The highest BCUT2D eigenvalue weighted by molar-refractivity contribution is 9.10. The molecule has 4 aromatic carbocycles. The first-order valence-electron chi connectivity index (χ1n) is 16.3. The summed E-state index contributed by atoms with van der Waals surface area (Å²) in [5.74, 6) is -0.216. The van der Waals surface area contributed by atoms with Crippen LogP contribution in [0.15, 0.2) is 112 Å². The van der Waals surface area contributed by atoms with E-state index in [9.17, 15) is 18.0 Å². The molecule has 0 bridgehead atoms. The zero-order valence-electron chi connectivity index (χ0n) is 27.3. The van der Waals surface area contributed by atoms with Crippen molar-refractivity contribution < 1.29 is 22.7 Å². The number of nitrogens with one attached hydrogen (secondary N) is 1. The zero-order chi connectivity index (χ0) is 34.1. The zero-order valence-corrected chi connectivity index (χ0v) is 29.8. The lowest BCUT2D eigenvalue weighted by atomic mass is 9.94. The molecule has 4 aromatic rings. The molecule has 0 saturated heterocycles. The molecular weight excluding hydrogens is 690 g/mol. The molecule has 10 heteroatoms. The van der Waals surface area contributed by atoms with Crippen molar-refractivity contribution in [2.24, 2.45) is 0 Å². The molecule has 0 aliphatic heterocycles. The fraction of sp³-hybridized carbons (Fsp3) is 0.316. The lowest BCUT2D eigenvalue weighted by molar-refractivity contribution is -0.140. The Morgan fingerprint density at radius 1 is 0.854 bits per heavy atom. The summed E-state index contributed by atoms with van der Waals surface area (Å²) < 4.78 is 35.8. The summed E-state index contributed by atoms with van der Waals surface area (Å²) in [4.78, 5) is 30.5. The van der Waals surface area contributed by atoms with Crippen LogP contribution in [0.5, 0.6) is 5.75 Å². The Morgan fingerprint density at radius 3 is 2.12 bits per heavy atom. The number of nitrogens with zero attached hydrogens (tertiary/aromatic N) is 2. The molecule has 0 aromatic heterocycles. The van der Waals surface area contributed by atoms with Crippen LogP contribution in [-0.2, 0) is 32.6 Å². The van der Waals surface area contributed by atoms with Gasteiger partial charge in [0.25, 0.3) is 10.0 Å². The van der Waals surface area contributed by atoms with E-state index < -0.39 is 28.5 Å². The van der Waals surface area contributed by atoms with Crippen molar-refractivity contribution in [3.8, 4) is 5.75 Å². The van der Waals surface area contributed by atoms with Crippen LogP contribution >= 0.6 is 15.9 Å². The van der Waals surface area contributed by atoms with Crippen LogP contribution in [0.25, 0.3) is 0 Å². The Kier molecular flexibility index (Phi) is 11.9. The van der Waals surface area contributed by atoms with Gasteiger partial charge in [-0.25, -0.2) is 8.42 Å². The normalized spacial score (nSPS) is 14.1. The summed E-state index contributed by atoms with van der Waals surface area (Å²) in [5.41, 5.74) is 3.01. The minimum absolute atomic E-state index is 0.0204. The largest absolute Gasteiger partial charge is 0.497 e. The van der Waals surface area contributed by atoms with Crippen molar-refractivity contribution in [2.75, 3.05) is 18.0 Å². The second-order valence-corrected chi connectivity index (χ2v) is 15.0. The van der Waals surface area contributed by atoms with Crippen molar-refractivity contribution in [1.29, 1.82) is 0 Å². The molecule has 1 aliphatic carbocycles. The third-order valence-electron chi connectivity index (χ3n) is 8.74. The SMILES string of the molecule is COc1ccc(S(=O)(=O)N(CC(=O)N(Cc2ccc(Br)cc2)[C@H](Cc2ccccc2)C(=O)NC2CCCCC2)c2ccc(C)cc2)cc1. The minimum atomic E-state index is -4.20. The summed E-state index contributed by atoms with van der Waals surface area (Å²) in [6.45, 7) is 1.53. The summed E-state index contributed by atoms with van der Waals surface area (Å²) in [5, 5.41) is 3.24. The second kappa shape index (κ2) is 16.3. The van der Waals surface area contributed by atoms with E-state index >= 15 is 0 Å². The molecule has 2 amide bonds. The van der Waals surface area contributed by atoms with Gasteiger partial charge in [-0.05, 0) is 79.4 Å². The number of methoxy groups -OCH3 is 1. The Morgan fingerprint density at radius 2 is 1.50 bits per heavy atom. The van der Waals surface area contributed by atoms with E-state index in [1.165, 1.54) is 19.2 Å². The van der Waals surface area contributed by atoms with Gasteiger partial charge in [-0.15, -0.1) is 0 Å². The van der Waals surface area contributed by atoms with Crippen molar-refractivity contribution in [3.05, 3.63) is 124 Å². The Hall–Kier alpha value is -4.15. The first-order chi connectivity index (χ1) is 23.1. The van der Waals surface area contributed by atoms with Crippen LogP contribution in [0.1, 0.15) is 48.8 Å². The molecule has 48 heavy (non-hydrogen) atoms. The number of aryl methyl sites for hydroxylation is 1. The van der Waals surface area contributed by atoms with E-state index in [1.54, 1.807) is 29.2 Å². The molecule has 0 spiro atoms. The molecule has 0 radical (unpaired) electrons. The monoisotopic (exact) mass is 731 g/mol. The fourth-order valence-electron chi connectivity index (χ4n) is 6.00. The van der Waals surface area contributed by atoms with Gasteiger partial charge in [0.1, 0.15) is 18.3 Å². The van der Waals surface area contributed by atoms with Gasteiger partial charge in [0.2, 0.25) is 11.8 Å². The number of carbonyl (C=O) groups excluding carboxylic acids is 2. The van der Waals surface area contributed by atoms with E-state index in [1.807, 2.05) is 73.7 Å². The predicted molar refractivity (Wildman–Crippen MR) is 192 cm³/mol. The number of benzene rings is 4. The summed E-state index contributed by atoms with van der Waals surface area (Å²) in [7, 11) is -2.69. The first-order valence-corrected chi connectivity index (χ1v) is 18.5. The second-order valence-electron chi connectivity index (χ2n) is 12.2. The van der Waals surface area contributed by atoms with Gasteiger partial charge in [-0.2, -0.15) is 0 Å². The Balaban J connectivity index is 1.55. The predicted octanol–water partition coefficient (Wildman–Crippen LogP) is 7.05. The number of rotatable bonds is 13. The van der Waals surface area contributed by atoms with E-state index in [-0.39, 0.29) is 29.8 Å². The maximum absolute atomic E-state index is 14.7. The van der Waals surface area contributed by atoms with Crippen LogP contribution in [-0.4, -0.2) is 50.9 Å². The number of amides is 2. The molecular formula is C38H42BrN3O5S. The molecule has 252 valence electrons. The van der Waals surface area contributed by atoms with Gasteiger partial charge in [0.05, 0.1) is 17.7 Å². The molecule has 1 aliphatic rings. The molecule has 1 N–H and O–H groups in total. The van der Waals surface area contributed by atoms with Crippen LogP contribution in [0.4, 0.5) is 5.69 Å². The third kappa shape index (κ3) is 9.05. The van der Waals surface area contributed by atoms with Crippen LogP contribution in [0, 0.1) is 6.92 Å². The molecule has 8 nitrogen and oxygen atoms in total. The highest BCUT2D eigenvalue weighted by Gasteiger charge is 2.35. The van der Waals surface area contributed by atoms with Gasteiger partial charge < -0.3 is 15.0 Å². The van der Waals surface area contributed by atoms with Crippen LogP contribution in [0.3, 0.4) is 0 Å². The highest BCUT2D eigenvalue weighted by atomic mass is 79.9. The number of hydrogen-bond donors (Lipinski definition) is 1. The Bertz CT molecular complexity index is 1760. The van der Waals surface area contributed by atoms with Crippen molar-refractivity contribution >= 4 is 43.5 Å². The fourth-order valence-corrected chi connectivity index (χ4v) is 7.68. The summed E-state index contributed by atoms with van der Waals surface area (Å²) in [6.07, 6.45) is 5.30. The number of sulfonamides is 1. The number of hydrogen-bond acceptors (Lipinski definition) is 5. The lowest BCUT2D eigenvalue weighted by Crippen LogP contribution is -2.55. The number of carbonyl (C=O) groups is 2. The molecule has 1 atom stereocenters. The van der Waals surface area contributed by atoms with Crippen molar-refractivity contribution in [3.63, 3.8) is 0 Å². The standard InChI is InChI=1S/C38H42BrN3O5S/c1-28-13-19-33(20-14-28)42(48(45,46)35-23-21-34(47-2)22-24-35)27-37(43)41(26-30-15-17-31(39)18-16-30)36(25-29-9-5-3-6-10-29)38(44)40-32-11-7-4-8-12-32/h3,5-6,9-10,13-24,32,36H,4,7-8,11-12,25-27H2,1-2H3,(H,40,44)/t36-/m1/s1. The van der Waals surface area contributed by atoms with E-state index in [0.717, 1.165) is 57.6 Å². The van der Waals surface area contributed by atoms with Gasteiger partial charge in [-0.3, -0.25) is 13.9 Å². The smallest absolute Gasteiger partial charge is 0.264 e. The third-order valence-corrected chi connectivity index (χ3v) is 11.1. The summed E-state index contributed by atoms with van der Waals surface area (Å²) >= 11 is 3.48. The van der Waals surface area contributed by atoms with E-state index in [0.29, 0.717) is 11.4 Å². The maximum Gasteiger partial charge on any atom is 0.264 e. The van der Waals surface area contributed by atoms with Gasteiger partial charge in [-0.1, -0.05) is 95.4 Å². The van der Waals surface area contributed by atoms with Crippen molar-refractivity contribution in [1.82, 2.24) is 10.2 Å². The lowest BCUT2D eigenvalue weighted by Gasteiger charge is -2.35. The minimum Gasteiger partial charge on any atom is -0.497 e. The summed E-state index contributed by atoms with van der Waals surface area (Å²) in [6, 6.07) is 29.4. The quantitative estimate of drug-likeness (QED) is 0.159. The van der Waals surface area contributed by atoms with Gasteiger partial charge >= 0.3 is 0 Å². The van der Waals surface area contributed by atoms with E-state index in [2.05, 4.69) is 21.2 Å². The molecule has 1 fully saturated rings. The molecule has 5 rings (SSSR count). The van der Waals surface area contributed by atoms with Gasteiger partial charge in [0.15, 0.2) is 0 Å². The number of halogens is 1. The number of anilines is 1. The maximum atomic E-state index is 14.7. The number of ether oxygens (including phenoxy) is 1. The topological polar surface area (TPSA) is 96.0 Å². The van der Waals surface area contributed by atoms with Gasteiger partial charge in [0, 0.05) is 23.5 Å². The Labute approximate surface area is 292 Å². The van der Waals surface area contributed by atoms with Crippen LogP contribution in [0.2, 0.25) is 0 Å². The molecule has 0 unspecified atom stereocenters. The van der Waals surface area contributed by atoms with E-state index in [4.69, 9.17) is 4.74 Å². The highest BCUT2D eigenvalue weighted by Crippen LogP contribution is 2.27. The van der Waals surface area contributed by atoms with Crippen molar-refractivity contribution in [2.45, 2.75) is 69.0 Å². The molecule has 1 saturated carbocycles. The van der Waals surface area contributed by atoms with Crippen LogP contribution < -0.4 is 14.4 Å². The average Bonchev–Trinajstić information content (AvgIpc) is 3.10. The molecule has 0 heterocycles. The first kappa shape index (κ1) is 35.2. The average molecular weight is 733 g/mol.